The Morgan fingerprint density at radius 1 is 1.27 bits per heavy atom. The summed E-state index contributed by atoms with van der Waals surface area (Å²) in [6.07, 6.45) is 6.27. The molecule has 0 amide bonds. The molecule has 1 N–H and O–H groups in total. The van der Waals surface area contributed by atoms with Crippen LogP contribution in [0.5, 0.6) is 0 Å². The smallest absolute Gasteiger partial charge is 0.227 e. The highest BCUT2D eigenvalue weighted by molar-refractivity contribution is 7.19. The third-order valence-electron chi connectivity index (χ3n) is 5.26. The number of aromatic nitrogens is 4. The van der Waals surface area contributed by atoms with Crippen LogP contribution >= 0.6 is 11.3 Å². The summed E-state index contributed by atoms with van der Waals surface area (Å²) in [6, 6.07) is 10.5. The van der Waals surface area contributed by atoms with Gasteiger partial charge in [-0.3, -0.25) is 0 Å². The molecule has 1 aromatic carbocycles. The van der Waals surface area contributed by atoms with Gasteiger partial charge in [-0.05, 0) is 42.7 Å². The van der Waals surface area contributed by atoms with Crippen molar-refractivity contribution in [3.05, 3.63) is 52.7 Å². The van der Waals surface area contributed by atoms with Crippen LogP contribution < -0.4 is 5.32 Å². The van der Waals surface area contributed by atoms with E-state index in [9.17, 15) is 0 Å². The fraction of sp³-hybridized carbons (Fsp3) is 0.350. The fourth-order valence-electron chi connectivity index (χ4n) is 3.98. The number of hydrogen-bond acceptors (Lipinski definition) is 5. The maximum Gasteiger partial charge on any atom is 0.227 e. The van der Waals surface area contributed by atoms with Crippen LogP contribution in [0.1, 0.15) is 41.7 Å². The summed E-state index contributed by atoms with van der Waals surface area (Å²) in [5.74, 6) is 1.36. The Labute approximate surface area is 156 Å². The Balaban J connectivity index is 1.53. The van der Waals surface area contributed by atoms with Gasteiger partial charge in [0.1, 0.15) is 11.2 Å². The van der Waals surface area contributed by atoms with Crippen LogP contribution in [0.4, 0.5) is 5.95 Å². The van der Waals surface area contributed by atoms with E-state index in [1.807, 2.05) is 21.9 Å². The van der Waals surface area contributed by atoms with Crippen molar-refractivity contribution in [1.82, 2.24) is 19.6 Å². The van der Waals surface area contributed by atoms with Crippen molar-refractivity contribution in [2.24, 2.45) is 0 Å². The van der Waals surface area contributed by atoms with Crippen LogP contribution in [0.25, 0.3) is 15.9 Å². The predicted molar refractivity (Wildman–Crippen MR) is 106 cm³/mol. The topological polar surface area (TPSA) is 55.1 Å². The van der Waals surface area contributed by atoms with E-state index in [1.54, 1.807) is 6.33 Å². The molecule has 3 aromatic heterocycles. The lowest BCUT2D eigenvalue weighted by Crippen LogP contribution is -2.11. The number of nitrogens with one attached hydrogen (secondary N) is 1. The molecule has 3 heterocycles. The number of hydrogen-bond donors (Lipinski definition) is 1. The van der Waals surface area contributed by atoms with E-state index in [1.165, 1.54) is 34.2 Å². The predicted octanol–water partition coefficient (Wildman–Crippen LogP) is 4.43. The van der Waals surface area contributed by atoms with Crippen molar-refractivity contribution in [2.75, 3.05) is 11.9 Å². The number of fused-ring (bicyclic) bond motifs is 5. The van der Waals surface area contributed by atoms with Crippen LogP contribution in [-0.2, 0) is 12.8 Å². The van der Waals surface area contributed by atoms with Gasteiger partial charge >= 0.3 is 0 Å². The molecule has 1 atom stereocenters. The Morgan fingerprint density at radius 3 is 3.04 bits per heavy atom. The Bertz CT molecular complexity index is 1070. The first-order valence-electron chi connectivity index (χ1n) is 9.24. The SMILES string of the molecule is C[C@@H]1CCCc2sc3nc(NCCc4ccccc4)n4ncnc4c3c21. The van der Waals surface area contributed by atoms with Crippen molar-refractivity contribution in [2.45, 2.75) is 38.5 Å². The van der Waals surface area contributed by atoms with E-state index in [0.717, 1.165) is 35.8 Å². The average molecular weight is 363 g/mol. The molecule has 0 radical (unpaired) electrons. The molecule has 0 bridgehead atoms. The van der Waals surface area contributed by atoms with Crippen molar-refractivity contribution >= 4 is 33.1 Å². The molecule has 0 fully saturated rings. The molecule has 5 nitrogen and oxygen atoms in total. The number of rotatable bonds is 4. The van der Waals surface area contributed by atoms with E-state index in [-0.39, 0.29) is 0 Å². The van der Waals surface area contributed by atoms with Gasteiger partial charge in [0, 0.05) is 11.4 Å². The van der Waals surface area contributed by atoms with Crippen molar-refractivity contribution < 1.29 is 0 Å². The maximum absolute atomic E-state index is 4.91. The van der Waals surface area contributed by atoms with Gasteiger partial charge in [0.05, 0.1) is 5.39 Å². The minimum Gasteiger partial charge on any atom is -0.354 e. The molecule has 0 spiro atoms. The lowest BCUT2D eigenvalue weighted by molar-refractivity contribution is 0.602. The van der Waals surface area contributed by atoms with Gasteiger partial charge in [0.25, 0.3) is 0 Å². The summed E-state index contributed by atoms with van der Waals surface area (Å²) in [4.78, 5) is 12.1. The first kappa shape index (κ1) is 15.8. The summed E-state index contributed by atoms with van der Waals surface area (Å²) in [5.41, 5.74) is 3.71. The van der Waals surface area contributed by atoms with Gasteiger partial charge in [-0.1, -0.05) is 37.3 Å². The highest BCUT2D eigenvalue weighted by Gasteiger charge is 2.25. The van der Waals surface area contributed by atoms with Crippen molar-refractivity contribution in [1.29, 1.82) is 0 Å². The largest absolute Gasteiger partial charge is 0.354 e. The molecule has 4 aromatic rings. The molecule has 1 aliphatic rings. The van der Waals surface area contributed by atoms with E-state index in [2.05, 4.69) is 46.6 Å². The molecule has 0 unspecified atom stereocenters. The van der Waals surface area contributed by atoms with Gasteiger partial charge in [-0.2, -0.15) is 9.61 Å². The van der Waals surface area contributed by atoms with Crippen LogP contribution in [-0.4, -0.2) is 26.1 Å². The summed E-state index contributed by atoms with van der Waals surface area (Å²) >= 11 is 1.83. The van der Waals surface area contributed by atoms with Crippen LogP contribution in [0.3, 0.4) is 0 Å². The quantitative estimate of drug-likeness (QED) is 0.583. The zero-order valence-electron chi connectivity index (χ0n) is 14.8. The van der Waals surface area contributed by atoms with Gasteiger partial charge in [-0.25, -0.2) is 9.97 Å². The maximum atomic E-state index is 4.91. The zero-order valence-corrected chi connectivity index (χ0v) is 15.6. The highest BCUT2D eigenvalue weighted by atomic mass is 32.1. The summed E-state index contributed by atoms with van der Waals surface area (Å²) in [7, 11) is 0. The van der Waals surface area contributed by atoms with Gasteiger partial charge < -0.3 is 5.32 Å². The number of aryl methyl sites for hydroxylation is 1. The first-order valence-corrected chi connectivity index (χ1v) is 10.1. The van der Waals surface area contributed by atoms with Crippen LogP contribution in [0.2, 0.25) is 0 Å². The molecule has 26 heavy (non-hydrogen) atoms. The van der Waals surface area contributed by atoms with Gasteiger partial charge in [0.2, 0.25) is 5.95 Å². The molecule has 1 aliphatic carbocycles. The van der Waals surface area contributed by atoms with E-state index in [0.29, 0.717) is 5.92 Å². The number of nitrogens with zero attached hydrogens (tertiary/aromatic N) is 4. The molecular weight excluding hydrogens is 342 g/mol. The van der Waals surface area contributed by atoms with Crippen LogP contribution in [0.15, 0.2) is 36.7 Å². The van der Waals surface area contributed by atoms with E-state index < -0.39 is 0 Å². The highest BCUT2D eigenvalue weighted by Crippen LogP contribution is 2.43. The van der Waals surface area contributed by atoms with Gasteiger partial charge in [-0.15, -0.1) is 11.3 Å². The fourth-order valence-corrected chi connectivity index (χ4v) is 5.31. The minimum atomic E-state index is 0.576. The second-order valence-electron chi connectivity index (χ2n) is 7.01. The third kappa shape index (κ3) is 2.56. The van der Waals surface area contributed by atoms with Gasteiger partial charge in [0.15, 0.2) is 5.65 Å². The van der Waals surface area contributed by atoms with E-state index in [4.69, 9.17) is 4.98 Å². The minimum absolute atomic E-state index is 0.576. The third-order valence-corrected chi connectivity index (χ3v) is 6.42. The average Bonchev–Trinajstić information content (AvgIpc) is 3.27. The normalized spacial score (nSPS) is 16.9. The van der Waals surface area contributed by atoms with Crippen LogP contribution in [0, 0.1) is 0 Å². The summed E-state index contributed by atoms with van der Waals surface area (Å²) in [6.45, 7) is 3.14. The second kappa shape index (κ2) is 6.36. The number of thiophene rings is 1. The lowest BCUT2D eigenvalue weighted by Gasteiger charge is -2.18. The van der Waals surface area contributed by atoms with Crippen molar-refractivity contribution in [3.63, 3.8) is 0 Å². The molecular formula is C20H21N5S. The van der Waals surface area contributed by atoms with Crippen molar-refractivity contribution in [3.8, 4) is 0 Å². The first-order chi connectivity index (χ1) is 12.8. The summed E-state index contributed by atoms with van der Waals surface area (Å²) in [5, 5.41) is 9.11. The molecule has 0 saturated heterocycles. The lowest BCUT2D eigenvalue weighted by atomic mass is 9.87. The Morgan fingerprint density at radius 2 is 2.15 bits per heavy atom. The number of anilines is 1. The molecule has 132 valence electrons. The monoisotopic (exact) mass is 363 g/mol. The summed E-state index contributed by atoms with van der Waals surface area (Å²) < 4.78 is 1.86. The molecule has 5 rings (SSSR count). The molecule has 0 saturated carbocycles. The molecule has 0 aliphatic heterocycles. The Kier molecular flexibility index (Phi) is 3.85. The molecule has 6 heteroatoms. The second-order valence-corrected chi connectivity index (χ2v) is 8.09. The zero-order chi connectivity index (χ0) is 17.5. The number of benzene rings is 1. The van der Waals surface area contributed by atoms with E-state index >= 15 is 0 Å². The standard InChI is InChI=1S/C20H21N5S/c1-13-6-5-9-15-16(13)17-18-22-12-23-25(18)20(24-19(17)26-15)21-11-10-14-7-3-2-4-8-14/h2-4,7-8,12-13H,5-6,9-11H2,1H3,(H,21,24)/t13-/m1/s1. The Hall–Kier alpha value is -2.47.